The van der Waals surface area contributed by atoms with Gasteiger partial charge in [0.25, 0.3) is 5.56 Å². The van der Waals surface area contributed by atoms with E-state index in [1.807, 2.05) is 121 Å². The second-order valence-electron chi connectivity index (χ2n) is 21.0. The number of aromatic nitrogens is 2. The van der Waals surface area contributed by atoms with Gasteiger partial charge in [0.15, 0.2) is 5.78 Å². The highest BCUT2D eigenvalue weighted by Gasteiger charge is 2.28. The number of anilines is 1. The van der Waals surface area contributed by atoms with Crippen LogP contribution in [0.1, 0.15) is 112 Å². The van der Waals surface area contributed by atoms with E-state index in [1.54, 1.807) is 0 Å². The van der Waals surface area contributed by atoms with Crippen molar-refractivity contribution in [1.29, 1.82) is 0 Å². The van der Waals surface area contributed by atoms with Gasteiger partial charge < -0.3 is 15.8 Å². The molecular formula is C71H65N5O3. The van der Waals surface area contributed by atoms with Gasteiger partial charge in [-0.1, -0.05) is 199 Å². The number of benzene rings is 9. The maximum absolute atomic E-state index is 13.9. The van der Waals surface area contributed by atoms with Crippen molar-refractivity contribution >= 4 is 28.1 Å². The summed E-state index contributed by atoms with van der Waals surface area (Å²) in [4.78, 5) is 33.0. The molecule has 8 heteroatoms. The predicted molar refractivity (Wildman–Crippen MR) is 320 cm³/mol. The fourth-order valence-corrected chi connectivity index (χ4v) is 12.0. The fraction of sp³-hybridized carbons (Fsp3) is 0.183. The van der Waals surface area contributed by atoms with Gasteiger partial charge in [-0.05, 0) is 143 Å². The van der Waals surface area contributed by atoms with E-state index in [0.717, 1.165) is 90.6 Å². The van der Waals surface area contributed by atoms with E-state index in [4.69, 9.17) is 10.7 Å². The Labute approximate surface area is 463 Å². The summed E-state index contributed by atoms with van der Waals surface area (Å²) >= 11 is 0. The lowest BCUT2D eigenvalue weighted by Gasteiger charge is -2.25. The van der Waals surface area contributed by atoms with E-state index in [1.165, 1.54) is 66.8 Å². The van der Waals surface area contributed by atoms with Crippen LogP contribution < -0.4 is 16.2 Å². The van der Waals surface area contributed by atoms with Gasteiger partial charge in [-0.25, -0.2) is 4.98 Å². The van der Waals surface area contributed by atoms with Crippen molar-refractivity contribution in [2.75, 3.05) is 19.0 Å². The van der Waals surface area contributed by atoms with Gasteiger partial charge in [0.1, 0.15) is 11.5 Å². The third-order valence-electron chi connectivity index (χ3n) is 16.1. The van der Waals surface area contributed by atoms with Crippen LogP contribution >= 0.6 is 0 Å². The van der Waals surface area contributed by atoms with Gasteiger partial charge in [-0.15, -0.1) is 0 Å². The fourth-order valence-electron chi connectivity index (χ4n) is 12.0. The molecule has 0 spiro atoms. The number of ketones is 1. The Morgan fingerprint density at radius 1 is 0.468 bits per heavy atom. The van der Waals surface area contributed by atoms with Gasteiger partial charge in [0.05, 0.1) is 23.0 Å². The molecule has 14 rings (SSSR count). The molecule has 79 heavy (non-hydrogen) atoms. The first-order valence-corrected chi connectivity index (χ1v) is 27.5. The lowest BCUT2D eigenvalue weighted by molar-refractivity contribution is 0.103. The Morgan fingerprint density at radius 3 is 1.23 bits per heavy atom. The standard InChI is InChI=1S/C26H25N3O.C15H13NO.C15H15N.C15H12O/c1-17-27-24-15-14-20(28(2)3)16-23(24)26(30)29(17)25-21-10-6-4-8-18(21)12-13-19-9-5-7-11-22(19)25;17-16-15-13-7-3-1-5-11(13)9-10-12-6-2-4-8-14(12)15;2*16-15-13-7-3-1-5-11(13)9-10-12-6-2-4-8-14(12)15/h4-11,14-16,25H,12-13H2,1-3H3;1-8,17H,9-10H2;1-8,15H,9-10,16H2;1-8H,9-10H2. The predicted octanol–water partition coefficient (Wildman–Crippen LogP) is 13.4. The summed E-state index contributed by atoms with van der Waals surface area (Å²) in [6.45, 7) is 1.94. The molecule has 0 saturated heterocycles. The number of hydrogen-bond donors (Lipinski definition) is 2. The summed E-state index contributed by atoms with van der Waals surface area (Å²) in [6, 6.07) is 71.9. The van der Waals surface area contributed by atoms with Crippen molar-refractivity contribution in [2.24, 2.45) is 10.9 Å². The van der Waals surface area contributed by atoms with Gasteiger partial charge >= 0.3 is 0 Å². The summed E-state index contributed by atoms with van der Waals surface area (Å²) < 4.78 is 1.89. The van der Waals surface area contributed by atoms with Crippen LogP contribution in [0.15, 0.2) is 222 Å². The van der Waals surface area contributed by atoms with E-state index in [-0.39, 0.29) is 23.4 Å². The van der Waals surface area contributed by atoms with Crippen LogP contribution in [0.25, 0.3) is 10.9 Å². The molecule has 4 aliphatic rings. The number of hydrogen-bond acceptors (Lipinski definition) is 7. The number of carbonyl (C=O) groups excluding carboxylic acids is 1. The molecule has 0 aliphatic heterocycles. The minimum atomic E-state index is -0.174. The number of nitrogens with two attached hydrogens (primary N) is 1. The summed E-state index contributed by atoms with van der Waals surface area (Å²) in [5.74, 6) is 0.908. The topological polar surface area (TPSA) is 114 Å². The van der Waals surface area contributed by atoms with Crippen LogP contribution in [-0.4, -0.2) is 40.3 Å². The van der Waals surface area contributed by atoms with Gasteiger partial charge in [-0.3, -0.25) is 14.2 Å². The van der Waals surface area contributed by atoms with Crippen LogP contribution in [-0.2, 0) is 51.4 Å². The zero-order chi connectivity index (χ0) is 54.4. The zero-order valence-electron chi connectivity index (χ0n) is 45.1. The Bertz CT molecular complexity index is 3770. The quantitative estimate of drug-likeness (QED) is 0.132. The van der Waals surface area contributed by atoms with E-state index in [2.05, 4.69) is 126 Å². The first-order chi connectivity index (χ1) is 38.7. The zero-order valence-corrected chi connectivity index (χ0v) is 45.1. The van der Waals surface area contributed by atoms with Crippen LogP contribution in [0.3, 0.4) is 0 Å². The highest BCUT2D eigenvalue weighted by molar-refractivity contribution is 6.14. The van der Waals surface area contributed by atoms with E-state index in [0.29, 0.717) is 11.1 Å². The lowest BCUT2D eigenvalue weighted by atomic mass is 9.94. The van der Waals surface area contributed by atoms with Crippen molar-refractivity contribution < 1.29 is 10.0 Å². The number of rotatable bonds is 2. The number of nitrogens with zero attached hydrogens (tertiary/aromatic N) is 4. The Kier molecular flexibility index (Phi) is 15.4. The molecule has 392 valence electrons. The minimum absolute atomic E-state index is 0.0118. The van der Waals surface area contributed by atoms with Crippen LogP contribution in [0.2, 0.25) is 0 Å². The Hall–Kier alpha value is -8.98. The minimum Gasteiger partial charge on any atom is -0.410 e. The summed E-state index contributed by atoms with van der Waals surface area (Å²) in [6.07, 6.45) is 8.05. The summed E-state index contributed by atoms with van der Waals surface area (Å²) in [5.41, 5.74) is 27.8. The lowest BCUT2D eigenvalue weighted by Crippen LogP contribution is -2.30. The third-order valence-corrected chi connectivity index (χ3v) is 16.1. The Morgan fingerprint density at radius 2 is 0.810 bits per heavy atom. The SMILES string of the molecule is Cc1nc2ccc(N(C)C)cc2c(=O)n1C1c2ccccc2CCc2ccccc21.NC1c2ccccc2CCc2ccccc21.O=C1c2ccccc2CCc2ccccc21.ON=C1c2ccccc2CCc2ccccc21. The van der Waals surface area contributed by atoms with Crippen molar-refractivity contribution in [1.82, 2.24) is 9.55 Å². The number of fused-ring (bicyclic) bond motifs is 9. The second kappa shape index (κ2) is 23.3. The van der Waals surface area contributed by atoms with E-state index < -0.39 is 0 Å². The maximum Gasteiger partial charge on any atom is 0.262 e. The average Bonchev–Trinajstić information content (AvgIpc) is 4.01. The van der Waals surface area contributed by atoms with Crippen LogP contribution in [0.5, 0.6) is 0 Å². The highest BCUT2D eigenvalue weighted by atomic mass is 16.4. The molecule has 10 aromatic rings. The van der Waals surface area contributed by atoms with Crippen LogP contribution in [0.4, 0.5) is 5.69 Å². The first kappa shape index (κ1) is 52.1. The summed E-state index contributed by atoms with van der Waals surface area (Å²) in [7, 11) is 3.97. The molecule has 0 atom stereocenters. The Balaban J connectivity index is 0.000000117. The van der Waals surface area contributed by atoms with Gasteiger partial charge in [-0.2, -0.15) is 0 Å². The summed E-state index contributed by atoms with van der Waals surface area (Å²) in [5, 5.41) is 13.5. The average molecular weight is 1040 g/mol. The molecule has 0 fully saturated rings. The molecule has 0 amide bonds. The molecule has 4 aliphatic carbocycles. The molecule has 8 nitrogen and oxygen atoms in total. The molecule has 0 saturated carbocycles. The third kappa shape index (κ3) is 10.7. The van der Waals surface area contributed by atoms with E-state index in [9.17, 15) is 14.8 Å². The van der Waals surface area contributed by atoms with Crippen LogP contribution in [0, 0.1) is 6.92 Å². The van der Waals surface area contributed by atoms with Gasteiger partial charge in [0, 0.05) is 42.0 Å². The molecule has 1 aromatic heterocycles. The number of oxime groups is 1. The highest BCUT2D eigenvalue weighted by Crippen LogP contribution is 2.36. The van der Waals surface area contributed by atoms with Crippen molar-refractivity contribution in [3.63, 3.8) is 0 Å². The van der Waals surface area contributed by atoms with Crippen molar-refractivity contribution in [3.8, 4) is 0 Å². The largest absolute Gasteiger partial charge is 0.410 e. The first-order valence-electron chi connectivity index (χ1n) is 27.5. The monoisotopic (exact) mass is 1040 g/mol. The van der Waals surface area contributed by atoms with Crippen molar-refractivity contribution in [3.05, 3.63) is 318 Å². The maximum atomic E-state index is 13.9. The molecule has 9 aromatic carbocycles. The normalized spacial score (nSPS) is 13.9. The molecule has 3 N–H and O–H groups in total. The molecule has 0 unspecified atom stereocenters. The number of aryl methyl sites for hydroxylation is 9. The molecule has 1 heterocycles. The number of carbonyl (C=O) groups is 1. The van der Waals surface area contributed by atoms with Gasteiger partial charge in [0.2, 0.25) is 0 Å². The smallest absolute Gasteiger partial charge is 0.262 e. The van der Waals surface area contributed by atoms with E-state index >= 15 is 0 Å². The van der Waals surface area contributed by atoms with Crippen molar-refractivity contribution in [2.45, 2.75) is 70.4 Å². The second-order valence-corrected chi connectivity index (χ2v) is 21.0. The molecule has 0 bridgehead atoms. The molecular weight excluding hydrogens is 971 g/mol. The molecule has 0 radical (unpaired) electrons.